The highest BCUT2D eigenvalue weighted by atomic mass is 19.1. The maximum Gasteiger partial charge on any atom is 0.252 e. The van der Waals surface area contributed by atoms with Gasteiger partial charge < -0.3 is 22.1 Å². The predicted molar refractivity (Wildman–Crippen MR) is 120 cm³/mol. The molecule has 4 rings (SSSR count). The molecule has 7 nitrogen and oxygen atoms in total. The van der Waals surface area contributed by atoms with Gasteiger partial charge in [-0.1, -0.05) is 32.1 Å². The topological polar surface area (TPSA) is 119 Å². The van der Waals surface area contributed by atoms with E-state index in [1.54, 1.807) is 6.20 Å². The van der Waals surface area contributed by atoms with Crippen molar-refractivity contribution in [2.24, 2.45) is 11.5 Å². The van der Waals surface area contributed by atoms with Crippen molar-refractivity contribution in [1.82, 2.24) is 9.97 Å². The molecule has 2 saturated carbocycles. The number of carbonyl (C=O) groups is 1. The second-order valence-electron chi connectivity index (χ2n) is 8.75. The highest BCUT2D eigenvalue weighted by Gasteiger charge is 2.24. The van der Waals surface area contributed by atoms with Crippen LogP contribution in [0.3, 0.4) is 0 Å². The van der Waals surface area contributed by atoms with Crippen LogP contribution in [0.2, 0.25) is 0 Å². The fourth-order valence-electron chi connectivity index (χ4n) is 4.71. The molecule has 0 aromatic carbocycles. The van der Waals surface area contributed by atoms with Crippen LogP contribution in [-0.2, 0) is 0 Å². The molecule has 2 aliphatic carbocycles. The fraction of sp³-hybridized carbons (Fsp3) is 0.522. The Morgan fingerprint density at radius 3 is 2.48 bits per heavy atom. The van der Waals surface area contributed by atoms with Crippen molar-refractivity contribution >= 4 is 23.2 Å². The van der Waals surface area contributed by atoms with E-state index in [2.05, 4.69) is 20.6 Å². The Kier molecular flexibility index (Phi) is 6.65. The van der Waals surface area contributed by atoms with E-state index < -0.39 is 11.7 Å². The second kappa shape index (κ2) is 9.60. The minimum Gasteiger partial charge on any atom is -0.365 e. The molecule has 2 heterocycles. The third kappa shape index (κ3) is 5.12. The van der Waals surface area contributed by atoms with Gasteiger partial charge in [-0.3, -0.25) is 9.78 Å². The smallest absolute Gasteiger partial charge is 0.252 e. The molecule has 1 unspecified atom stereocenters. The number of aromatic nitrogens is 2. The Labute approximate surface area is 182 Å². The van der Waals surface area contributed by atoms with Gasteiger partial charge in [-0.15, -0.1) is 0 Å². The summed E-state index contributed by atoms with van der Waals surface area (Å²) in [6, 6.07) is 3.05. The molecular formula is C23H31FN6O. The summed E-state index contributed by atoms with van der Waals surface area (Å²) < 4.78 is 14.7. The minimum absolute atomic E-state index is 0.000868. The SMILES string of the molecule is NC(=O)c1cc(F)c(NC2CCCC[C@@H]2N)nc1Nc1cncc(C2CCCCC2)c1. The van der Waals surface area contributed by atoms with Crippen molar-refractivity contribution < 1.29 is 9.18 Å². The van der Waals surface area contributed by atoms with Gasteiger partial charge in [0.1, 0.15) is 5.82 Å². The minimum atomic E-state index is -0.744. The van der Waals surface area contributed by atoms with Gasteiger partial charge in [0.15, 0.2) is 11.6 Å². The largest absolute Gasteiger partial charge is 0.365 e. The van der Waals surface area contributed by atoms with Gasteiger partial charge >= 0.3 is 0 Å². The molecule has 31 heavy (non-hydrogen) atoms. The fourth-order valence-corrected chi connectivity index (χ4v) is 4.71. The van der Waals surface area contributed by atoms with Gasteiger partial charge in [0.05, 0.1) is 17.4 Å². The summed E-state index contributed by atoms with van der Waals surface area (Å²) >= 11 is 0. The number of nitrogens with two attached hydrogens (primary N) is 2. The maximum absolute atomic E-state index is 14.7. The lowest BCUT2D eigenvalue weighted by Gasteiger charge is -2.30. The standard InChI is InChI=1S/C23H31FN6O/c24-18-11-17(21(26)31)22(30-23(18)29-20-9-5-4-8-19(20)25)28-16-10-15(12-27-13-16)14-6-2-1-3-7-14/h10-14,19-20H,1-9,25H2,(H2,26,31)(H2,28,29,30)/t19-,20?/m0/s1. The van der Waals surface area contributed by atoms with Crippen molar-refractivity contribution in [2.45, 2.75) is 75.8 Å². The van der Waals surface area contributed by atoms with Crippen molar-refractivity contribution in [1.29, 1.82) is 0 Å². The average molecular weight is 427 g/mol. The van der Waals surface area contributed by atoms with Crippen molar-refractivity contribution in [3.63, 3.8) is 0 Å². The van der Waals surface area contributed by atoms with Crippen molar-refractivity contribution in [3.05, 3.63) is 41.5 Å². The number of pyridine rings is 2. The molecule has 2 atom stereocenters. The van der Waals surface area contributed by atoms with E-state index in [0.29, 0.717) is 11.6 Å². The third-order valence-electron chi connectivity index (χ3n) is 6.48. The van der Waals surface area contributed by atoms with Crippen LogP contribution < -0.4 is 22.1 Å². The normalized spacial score (nSPS) is 22.1. The van der Waals surface area contributed by atoms with Crippen LogP contribution in [0.1, 0.15) is 79.6 Å². The summed E-state index contributed by atoms with van der Waals surface area (Å²) in [4.78, 5) is 20.7. The lowest BCUT2D eigenvalue weighted by atomic mass is 9.85. The first-order valence-electron chi connectivity index (χ1n) is 11.3. The summed E-state index contributed by atoms with van der Waals surface area (Å²) in [5.41, 5.74) is 13.6. The first-order valence-corrected chi connectivity index (χ1v) is 11.3. The van der Waals surface area contributed by atoms with Crippen LogP contribution in [0.5, 0.6) is 0 Å². The summed E-state index contributed by atoms with van der Waals surface area (Å²) in [5, 5.41) is 6.27. The number of anilines is 3. The van der Waals surface area contributed by atoms with Gasteiger partial charge in [-0.25, -0.2) is 9.37 Å². The van der Waals surface area contributed by atoms with Crippen LogP contribution in [0.15, 0.2) is 24.5 Å². The molecule has 166 valence electrons. The van der Waals surface area contributed by atoms with E-state index in [4.69, 9.17) is 11.5 Å². The van der Waals surface area contributed by atoms with Gasteiger partial charge in [-0.2, -0.15) is 0 Å². The number of amides is 1. The van der Waals surface area contributed by atoms with E-state index in [1.807, 2.05) is 12.3 Å². The Hall–Kier alpha value is -2.74. The molecule has 0 aliphatic heterocycles. The van der Waals surface area contributed by atoms with E-state index in [0.717, 1.165) is 44.6 Å². The zero-order valence-electron chi connectivity index (χ0n) is 17.7. The van der Waals surface area contributed by atoms with Crippen LogP contribution >= 0.6 is 0 Å². The van der Waals surface area contributed by atoms with Gasteiger partial charge in [-0.05, 0) is 49.3 Å². The Morgan fingerprint density at radius 2 is 1.74 bits per heavy atom. The monoisotopic (exact) mass is 426 g/mol. The summed E-state index contributed by atoms with van der Waals surface area (Å²) in [6.07, 6.45) is 13.5. The second-order valence-corrected chi connectivity index (χ2v) is 8.75. The number of nitrogens with zero attached hydrogens (tertiary/aromatic N) is 2. The van der Waals surface area contributed by atoms with Crippen LogP contribution in [0.4, 0.5) is 21.7 Å². The van der Waals surface area contributed by atoms with E-state index in [9.17, 15) is 9.18 Å². The first-order chi connectivity index (χ1) is 15.0. The molecular weight excluding hydrogens is 395 g/mol. The number of hydrogen-bond acceptors (Lipinski definition) is 6. The molecule has 2 aliphatic rings. The molecule has 0 spiro atoms. The molecule has 2 fully saturated rings. The molecule has 0 bridgehead atoms. The molecule has 2 aromatic heterocycles. The van der Waals surface area contributed by atoms with E-state index in [-0.39, 0.29) is 29.3 Å². The highest BCUT2D eigenvalue weighted by molar-refractivity contribution is 5.98. The van der Waals surface area contributed by atoms with Crippen molar-refractivity contribution in [3.8, 4) is 0 Å². The van der Waals surface area contributed by atoms with Gasteiger partial charge in [0.2, 0.25) is 0 Å². The summed E-state index contributed by atoms with van der Waals surface area (Å²) in [7, 11) is 0. The number of hydrogen-bond donors (Lipinski definition) is 4. The third-order valence-corrected chi connectivity index (χ3v) is 6.48. The Morgan fingerprint density at radius 1 is 1.00 bits per heavy atom. The number of halogens is 1. The Balaban J connectivity index is 1.60. The number of nitrogens with one attached hydrogen (secondary N) is 2. The van der Waals surface area contributed by atoms with Crippen LogP contribution in [0, 0.1) is 5.82 Å². The lowest BCUT2D eigenvalue weighted by Crippen LogP contribution is -2.43. The molecule has 0 radical (unpaired) electrons. The van der Waals surface area contributed by atoms with E-state index in [1.165, 1.54) is 24.8 Å². The molecule has 0 saturated heterocycles. The number of primary amides is 1. The van der Waals surface area contributed by atoms with Crippen LogP contribution in [0.25, 0.3) is 0 Å². The highest BCUT2D eigenvalue weighted by Crippen LogP contribution is 2.34. The van der Waals surface area contributed by atoms with Gasteiger partial charge in [0, 0.05) is 18.3 Å². The first kappa shape index (κ1) is 21.5. The molecule has 2 aromatic rings. The Bertz CT molecular complexity index is 930. The van der Waals surface area contributed by atoms with E-state index >= 15 is 0 Å². The average Bonchev–Trinajstić information content (AvgIpc) is 2.78. The summed E-state index contributed by atoms with van der Waals surface area (Å²) in [5.74, 6) is -0.586. The molecule has 6 N–H and O–H groups in total. The zero-order valence-corrected chi connectivity index (χ0v) is 17.7. The summed E-state index contributed by atoms with van der Waals surface area (Å²) in [6.45, 7) is 0. The quantitative estimate of drug-likeness (QED) is 0.550. The lowest BCUT2D eigenvalue weighted by molar-refractivity contribution is 0.100. The molecule has 1 amide bonds. The zero-order chi connectivity index (χ0) is 21.8. The number of carbonyl (C=O) groups excluding carboxylic acids is 1. The predicted octanol–water partition coefficient (Wildman–Crippen LogP) is 4.19. The van der Waals surface area contributed by atoms with Crippen LogP contribution in [-0.4, -0.2) is 28.0 Å². The maximum atomic E-state index is 14.7. The number of rotatable bonds is 6. The van der Waals surface area contributed by atoms with Gasteiger partial charge in [0.25, 0.3) is 5.91 Å². The molecule has 8 heteroatoms. The van der Waals surface area contributed by atoms with Crippen molar-refractivity contribution in [2.75, 3.05) is 10.6 Å².